The summed E-state index contributed by atoms with van der Waals surface area (Å²) in [7, 11) is 0. The molecule has 0 aliphatic rings. The SMILES string of the molecule is O=C(CSc1ccccn1)Nc1ccc(-c2nc3cc(NC(=O)CSc4ccccn4)ccc3o2)c(O)c1. The van der Waals surface area contributed by atoms with Crippen LogP contribution in [0.15, 0.2) is 99.7 Å². The first-order valence-corrected chi connectivity index (χ1v) is 13.4. The second-order valence-electron chi connectivity index (χ2n) is 7.94. The molecule has 0 saturated carbocycles. The third-order valence-corrected chi connectivity index (χ3v) is 7.05. The van der Waals surface area contributed by atoms with E-state index in [9.17, 15) is 14.7 Å². The number of carbonyl (C=O) groups is 2. The molecule has 3 heterocycles. The Morgan fingerprint density at radius 1 is 0.789 bits per heavy atom. The van der Waals surface area contributed by atoms with E-state index in [1.165, 1.54) is 29.6 Å². The third-order valence-electron chi connectivity index (χ3n) is 5.16. The van der Waals surface area contributed by atoms with Gasteiger partial charge in [0.05, 0.1) is 27.1 Å². The number of amides is 2. The number of hydrogen-bond donors (Lipinski definition) is 3. The Labute approximate surface area is 226 Å². The fraction of sp³-hybridized carbons (Fsp3) is 0.0741. The fourth-order valence-electron chi connectivity index (χ4n) is 3.45. The second-order valence-corrected chi connectivity index (χ2v) is 9.93. The minimum atomic E-state index is -0.220. The minimum Gasteiger partial charge on any atom is -0.507 e. The van der Waals surface area contributed by atoms with Crippen molar-refractivity contribution in [2.75, 3.05) is 22.1 Å². The van der Waals surface area contributed by atoms with E-state index in [4.69, 9.17) is 4.42 Å². The molecule has 2 aromatic carbocycles. The summed E-state index contributed by atoms with van der Waals surface area (Å²) < 4.78 is 5.81. The summed E-state index contributed by atoms with van der Waals surface area (Å²) in [5, 5.41) is 17.7. The lowest BCUT2D eigenvalue weighted by Crippen LogP contribution is -2.14. The van der Waals surface area contributed by atoms with E-state index >= 15 is 0 Å². The number of anilines is 2. The first kappa shape index (κ1) is 25.3. The molecule has 0 aliphatic carbocycles. The molecule has 0 saturated heterocycles. The van der Waals surface area contributed by atoms with E-state index in [-0.39, 0.29) is 35.0 Å². The van der Waals surface area contributed by atoms with Gasteiger partial charge in [0.15, 0.2) is 5.58 Å². The van der Waals surface area contributed by atoms with Crippen LogP contribution in [0.25, 0.3) is 22.6 Å². The van der Waals surface area contributed by atoms with Crippen molar-refractivity contribution in [2.45, 2.75) is 10.1 Å². The van der Waals surface area contributed by atoms with Crippen LogP contribution in [0.1, 0.15) is 0 Å². The lowest BCUT2D eigenvalue weighted by molar-refractivity contribution is -0.114. The Balaban J connectivity index is 1.21. The van der Waals surface area contributed by atoms with Gasteiger partial charge in [0, 0.05) is 29.8 Å². The maximum atomic E-state index is 12.3. The number of rotatable bonds is 9. The predicted octanol–water partition coefficient (Wildman–Crippen LogP) is 5.45. The lowest BCUT2D eigenvalue weighted by Gasteiger charge is -2.07. The number of nitrogens with one attached hydrogen (secondary N) is 2. The largest absolute Gasteiger partial charge is 0.507 e. The molecule has 5 rings (SSSR count). The van der Waals surface area contributed by atoms with Crippen molar-refractivity contribution in [3.8, 4) is 17.2 Å². The number of carbonyl (C=O) groups excluding carboxylic acids is 2. The molecule has 38 heavy (non-hydrogen) atoms. The van der Waals surface area contributed by atoms with Crippen molar-refractivity contribution in [1.29, 1.82) is 0 Å². The number of thioether (sulfide) groups is 2. The molecule has 0 bridgehead atoms. The van der Waals surface area contributed by atoms with Gasteiger partial charge in [-0.3, -0.25) is 9.59 Å². The van der Waals surface area contributed by atoms with Crippen molar-refractivity contribution in [3.63, 3.8) is 0 Å². The van der Waals surface area contributed by atoms with Gasteiger partial charge in [-0.05, 0) is 54.6 Å². The van der Waals surface area contributed by atoms with Crippen LogP contribution in [0, 0.1) is 0 Å². The van der Waals surface area contributed by atoms with Gasteiger partial charge < -0.3 is 20.2 Å². The summed E-state index contributed by atoms with van der Waals surface area (Å²) in [6.07, 6.45) is 3.35. The molecule has 190 valence electrons. The lowest BCUT2D eigenvalue weighted by atomic mass is 10.2. The second kappa shape index (κ2) is 11.8. The van der Waals surface area contributed by atoms with Gasteiger partial charge in [-0.25, -0.2) is 15.0 Å². The van der Waals surface area contributed by atoms with Crippen LogP contribution in [0.2, 0.25) is 0 Å². The summed E-state index contributed by atoms with van der Waals surface area (Å²) in [6.45, 7) is 0. The number of pyridine rings is 2. The molecule has 0 radical (unpaired) electrons. The monoisotopic (exact) mass is 543 g/mol. The van der Waals surface area contributed by atoms with Crippen molar-refractivity contribution < 1.29 is 19.1 Å². The molecule has 0 fully saturated rings. The Kier molecular flexibility index (Phi) is 7.86. The number of aromatic hydroxyl groups is 1. The smallest absolute Gasteiger partial charge is 0.234 e. The molecule has 0 atom stereocenters. The van der Waals surface area contributed by atoms with E-state index in [0.29, 0.717) is 28.0 Å². The molecule has 11 heteroatoms. The molecular weight excluding hydrogens is 522 g/mol. The van der Waals surface area contributed by atoms with Crippen LogP contribution < -0.4 is 10.6 Å². The van der Waals surface area contributed by atoms with Gasteiger partial charge in [-0.15, -0.1) is 0 Å². The van der Waals surface area contributed by atoms with Crippen LogP contribution in [0.5, 0.6) is 5.75 Å². The normalized spacial score (nSPS) is 10.8. The average molecular weight is 544 g/mol. The maximum absolute atomic E-state index is 12.3. The fourth-order valence-corrected chi connectivity index (χ4v) is 4.77. The van der Waals surface area contributed by atoms with Gasteiger partial charge in [-0.1, -0.05) is 35.7 Å². The molecular formula is C27H21N5O4S2. The zero-order valence-electron chi connectivity index (χ0n) is 19.8. The number of oxazole rings is 1. The van der Waals surface area contributed by atoms with Gasteiger partial charge in [0.25, 0.3) is 0 Å². The van der Waals surface area contributed by atoms with E-state index in [0.717, 1.165) is 10.1 Å². The molecule has 3 aromatic heterocycles. The highest BCUT2D eigenvalue weighted by atomic mass is 32.2. The predicted molar refractivity (Wildman–Crippen MR) is 148 cm³/mol. The quantitative estimate of drug-likeness (QED) is 0.208. The van der Waals surface area contributed by atoms with Crippen LogP contribution in [0.4, 0.5) is 11.4 Å². The van der Waals surface area contributed by atoms with E-state index in [1.54, 1.807) is 42.7 Å². The number of phenols is 1. The Hall–Kier alpha value is -4.35. The van der Waals surface area contributed by atoms with E-state index in [1.807, 2.05) is 36.4 Å². The van der Waals surface area contributed by atoms with E-state index in [2.05, 4.69) is 25.6 Å². The van der Waals surface area contributed by atoms with Gasteiger partial charge >= 0.3 is 0 Å². The number of hydrogen-bond acceptors (Lipinski definition) is 9. The molecule has 3 N–H and O–H groups in total. The number of phenolic OH excluding ortho intramolecular Hbond substituents is 1. The summed E-state index contributed by atoms with van der Waals surface area (Å²) in [5.74, 6) is 0.144. The molecule has 9 nitrogen and oxygen atoms in total. The van der Waals surface area contributed by atoms with Crippen molar-refractivity contribution >= 4 is 57.8 Å². The first-order chi connectivity index (χ1) is 18.5. The van der Waals surface area contributed by atoms with Crippen molar-refractivity contribution in [1.82, 2.24) is 15.0 Å². The molecule has 0 spiro atoms. The molecule has 0 unspecified atom stereocenters. The Morgan fingerprint density at radius 3 is 1.97 bits per heavy atom. The highest BCUT2D eigenvalue weighted by Gasteiger charge is 2.15. The summed E-state index contributed by atoms with van der Waals surface area (Å²) in [4.78, 5) is 37.5. The van der Waals surface area contributed by atoms with Crippen molar-refractivity contribution in [2.24, 2.45) is 0 Å². The zero-order chi connectivity index (χ0) is 26.3. The van der Waals surface area contributed by atoms with Crippen LogP contribution in [0.3, 0.4) is 0 Å². The number of aromatic nitrogens is 3. The van der Waals surface area contributed by atoms with Crippen molar-refractivity contribution in [3.05, 3.63) is 85.2 Å². The maximum Gasteiger partial charge on any atom is 0.234 e. The van der Waals surface area contributed by atoms with Gasteiger partial charge in [0.2, 0.25) is 17.7 Å². The molecule has 0 aliphatic heterocycles. The van der Waals surface area contributed by atoms with Crippen LogP contribution in [-0.2, 0) is 9.59 Å². The average Bonchev–Trinajstić information content (AvgIpc) is 3.35. The van der Waals surface area contributed by atoms with Gasteiger partial charge in [-0.2, -0.15) is 0 Å². The number of nitrogens with zero attached hydrogens (tertiary/aromatic N) is 3. The van der Waals surface area contributed by atoms with Crippen LogP contribution in [-0.4, -0.2) is 43.4 Å². The summed E-state index contributed by atoms with van der Waals surface area (Å²) >= 11 is 2.67. The topological polar surface area (TPSA) is 130 Å². The Morgan fingerprint density at radius 2 is 1.39 bits per heavy atom. The highest BCUT2D eigenvalue weighted by molar-refractivity contribution is 8.00. The molecule has 2 amide bonds. The number of fused-ring (bicyclic) bond motifs is 1. The molecule has 5 aromatic rings. The van der Waals surface area contributed by atoms with E-state index < -0.39 is 0 Å². The standard InChI is InChI=1S/C27H21N5O4S2/c33-21-14-18(31-24(35)16-38-26-6-2-4-12-29-26)7-9-19(21)27-32-20-13-17(8-10-22(20)36-27)30-23(34)15-37-25-5-1-3-11-28-25/h1-14,33H,15-16H2,(H,30,34)(H,31,35). The zero-order valence-corrected chi connectivity index (χ0v) is 21.5. The Bertz CT molecular complexity index is 1580. The van der Waals surface area contributed by atoms with Crippen LogP contribution >= 0.6 is 23.5 Å². The third kappa shape index (κ3) is 6.50. The first-order valence-electron chi connectivity index (χ1n) is 11.4. The number of benzene rings is 2. The van der Waals surface area contributed by atoms with Gasteiger partial charge in [0.1, 0.15) is 11.3 Å². The summed E-state index contributed by atoms with van der Waals surface area (Å²) in [5.41, 5.74) is 2.43. The minimum absolute atomic E-state index is 0.0909. The summed E-state index contributed by atoms with van der Waals surface area (Å²) in [6, 6.07) is 20.9. The highest BCUT2D eigenvalue weighted by Crippen LogP contribution is 2.34.